The van der Waals surface area contributed by atoms with Gasteiger partial charge in [-0.2, -0.15) is 0 Å². The molecule has 0 bridgehead atoms. The van der Waals surface area contributed by atoms with Crippen molar-refractivity contribution >= 4 is 0 Å². The molecule has 0 saturated heterocycles. The number of rotatable bonds is 5. The molecule has 0 radical (unpaired) electrons. The minimum absolute atomic E-state index is 0.475. The fraction of sp³-hybridized carbons (Fsp3) is 0.389. The summed E-state index contributed by atoms with van der Waals surface area (Å²) in [4.78, 5) is 4.62. The Balaban J connectivity index is 2.44. The third kappa shape index (κ3) is 3.44. The summed E-state index contributed by atoms with van der Waals surface area (Å²) in [5, 5.41) is 0. The third-order valence-electron chi connectivity index (χ3n) is 3.48. The van der Waals surface area contributed by atoms with Gasteiger partial charge in [-0.15, -0.1) is 0 Å². The topological polar surface area (TPSA) is 12.9 Å². The Morgan fingerprint density at radius 1 is 1.11 bits per heavy atom. The van der Waals surface area contributed by atoms with Crippen LogP contribution in [0.15, 0.2) is 42.6 Å². The predicted molar refractivity (Wildman–Crippen MR) is 82.4 cm³/mol. The molecule has 0 aliphatic rings. The van der Waals surface area contributed by atoms with Gasteiger partial charge in [0.15, 0.2) is 0 Å². The summed E-state index contributed by atoms with van der Waals surface area (Å²) in [5.41, 5.74) is 5.21. The number of aryl methyl sites for hydroxylation is 1. The summed E-state index contributed by atoms with van der Waals surface area (Å²) < 4.78 is 0. The first kappa shape index (κ1) is 13.8. The Labute approximate surface area is 116 Å². The molecule has 0 amide bonds. The molecule has 0 atom stereocenters. The van der Waals surface area contributed by atoms with Crippen LogP contribution in [0.2, 0.25) is 0 Å². The van der Waals surface area contributed by atoms with E-state index < -0.39 is 0 Å². The minimum Gasteiger partial charge on any atom is -0.261 e. The zero-order chi connectivity index (χ0) is 13.7. The van der Waals surface area contributed by atoms with Gasteiger partial charge >= 0.3 is 0 Å². The Hall–Kier alpha value is -1.63. The second-order valence-corrected chi connectivity index (χ2v) is 5.39. The summed E-state index contributed by atoms with van der Waals surface area (Å²) in [5.74, 6) is 0.475. The molecular formula is C18H23N. The van der Waals surface area contributed by atoms with Gasteiger partial charge in [0.2, 0.25) is 0 Å². The first-order valence-corrected chi connectivity index (χ1v) is 7.26. The highest BCUT2D eigenvalue weighted by Gasteiger charge is 2.09. The average molecular weight is 253 g/mol. The number of pyridine rings is 1. The lowest BCUT2D eigenvalue weighted by Gasteiger charge is -2.13. The lowest BCUT2D eigenvalue weighted by Crippen LogP contribution is -1.98. The van der Waals surface area contributed by atoms with Crippen molar-refractivity contribution in [1.29, 1.82) is 0 Å². The monoisotopic (exact) mass is 253 g/mol. The summed E-state index contributed by atoms with van der Waals surface area (Å²) in [6, 6.07) is 12.9. The van der Waals surface area contributed by atoms with Crippen molar-refractivity contribution in [2.45, 2.75) is 46.0 Å². The number of benzene rings is 1. The van der Waals surface area contributed by atoms with Crippen molar-refractivity contribution < 1.29 is 0 Å². The summed E-state index contributed by atoms with van der Waals surface area (Å²) in [6.45, 7) is 6.63. The fourth-order valence-electron chi connectivity index (χ4n) is 2.27. The highest BCUT2D eigenvalue weighted by molar-refractivity contribution is 5.67. The summed E-state index contributed by atoms with van der Waals surface area (Å²) in [6.07, 6.45) is 5.64. The van der Waals surface area contributed by atoms with Crippen LogP contribution < -0.4 is 0 Å². The molecule has 1 aromatic carbocycles. The molecule has 0 saturated carbocycles. The van der Waals surface area contributed by atoms with Crippen molar-refractivity contribution in [2.24, 2.45) is 0 Å². The van der Waals surface area contributed by atoms with Gasteiger partial charge < -0.3 is 0 Å². The molecule has 0 unspecified atom stereocenters. The lowest BCUT2D eigenvalue weighted by atomic mass is 9.95. The van der Waals surface area contributed by atoms with Crippen LogP contribution in [-0.4, -0.2) is 4.98 Å². The number of unbranched alkanes of at least 4 members (excludes halogenated alkanes) is 1. The number of aromatic nitrogens is 1. The van der Waals surface area contributed by atoms with Crippen LogP contribution in [0.5, 0.6) is 0 Å². The standard InChI is InChI=1S/C18H23N/c1-4-5-9-16-13-19-18(14(2)3)12-17(16)15-10-7-6-8-11-15/h6-8,10-14H,4-5,9H2,1-3H3. The Morgan fingerprint density at radius 2 is 1.84 bits per heavy atom. The molecule has 0 aliphatic carbocycles. The van der Waals surface area contributed by atoms with Crippen LogP contribution in [0.25, 0.3) is 11.1 Å². The number of hydrogen-bond donors (Lipinski definition) is 0. The van der Waals surface area contributed by atoms with Crippen LogP contribution in [0.1, 0.15) is 50.8 Å². The van der Waals surface area contributed by atoms with Crippen LogP contribution >= 0.6 is 0 Å². The molecule has 2 aromatic rings. The van der Waals surface area contributed by atoms with Gasteiger partial charge in [0.25, 0.3) is 0 Å². The lowest BCUT2D eigenvalue weighted by molar-refractivity contribution is 0.782. The fourth-order valence-corrected chi connectivity index (χ4v) is 2.27. The van der Waals surface area contributed by atoms with Crippen molar-refractivity contribution in [3.05, 3.63) is 53.9 Å². The van der Waals surface area contributed by atoms with Gasteiger partial charge in [0.1, 0.15) is 0 Å². The van der Waals surface area contributed by atoms with Crippen molar-refractivity contribution in [2.75, 3.05) is 0 Å². The molecule has 0 fully saturated rings. The zero-order valence-corrected chi connectivity index (χ0v) is 12.2. The molecule has 1 heterocycles. The molecule has 0 N–H and O–H groups in total. The quantitative estimate of drug-likeness (QED) is 0.712. The van der Waals surface area contributed by atoms with E-state index in [0.717, 1.165) is 6.42 Å². The van der Waals surface area contributed by atoms with Gasteiger partial charge in [0.05, 0.1) is 0 Å². The Kier molecular flexibility index (Phi) is 4.73. The molecule has 1 heteroatoms. The smallest absolute Gasteiger partial charge is 0.0435 e. The van der Waals surface area contributed by atoms with Crippen LogP contribution in [-0.2, 0) is 6.42 Å². The Morgan fingerprint density at radius 3 is 2.47 bits per heavy atom. The van der Waals surface area contributed by atoms with E-state index in [0.29, 0.717) is 5.92 Å². The van der Waals surface area contributed by atoms with Gasteiger partial charge in [-0.05, 0) is 41.5 Å². The molecule has 1 aromatic heterocycles. The highest BCUT2D eigenvalue weighted by atomic mass is 14.7. The maximum Gasteiger partial charge on any atom is 0.0435 e. The first-order valence-electron chi connectivity index (χ1n) is 7.26. The average Bonchev–Trinajstić information content (AvgIpc) is 2.45. The van der Waals surface area contributed by atoms with Crippen LogP contribution in [0.4, 0.5) is 0 Å². The molecule has 19 heavy (non-hydrogen) atoms. The SMILES string of the molecule is CCCCc1cnc(C(C)C)cc1-c1ccccc1. The predicted octanol–water partition coefficient (Wildman–Crippen LogP) is 5.21. The van der Waals surface area contributed by atoms with E-state index in [1.807, 2.05) is 0 Å². The first-order chi connectivity index (χ1) is 9.22. The zero-order valence-electron chi connectivity index (χ0n) is 12.2. The summed E-state index contributed by atoms with van der Waals surface area (Å²) in [7, 11) is 0. The van der Waals surface area contributed by atoms with E-state index in [1.54, 1.807) is 0 Å². The van der Waals surface area contributed by atoms with Crippen LogP contribution in [0.3, 0.4) is 0 Å². The summed E-state index contributed by atoms with van der Waals surface area (Å²) >= 11 is 0. The molecule has 1 nitrogen and oxygen atoms in total. The number of hydrogen-bond acceptors (Lipinski definition) is 1. The molecular weight excluding hydrogens is 230 g/mol. The maximum absolute atomic E-state index is 4.62. The second-order valence-electron chi connectivity index (χ2n) is 5.39. The van der Waals surface area contributed by atoms with Crippen LogP contribution in [0, 0.1) is 0 Å². The van der Waals surface area contributed by atoms with Crippen molar-refractivity contribution in [3.63, 3.8) is 0 Å². The molecule has 0 aliphatic heterocycles. The van der Waals surface area contributed by atoms with E-state index >= 15 is 0 Å². The molecule has 0 spiro atoms. The molecule has 2 rings (SSSR count). The van der Waals surface area contributed by atoms with Crippen molar-refractivity contribution in [1.82, 2.24) is 4.98 Å². The van der Waals surface area contributed by atoms with Gasteiger partial charge in [-0.1, -0.05) is 57.5 Å². The molecule has 100 valence electrons. The van der Waals surface area contributed by atoms with Gasteiger partial charge in [-0.25, -0.2) is 0 Å². The number of nitrogens with zero attached hydrogens (tertiary/aromatic N) is 1. The van der Waals surface area contributed by atoms with E-state index in [9.17, 15) is 0 Å². The maximum atomic E-state index is 4.62. The Bertz CT molecular complexity index is 514. The van der Waals surface area contributed by atoms with Gasteiger partial charge in [0, 0.05) is 11.9 Å². The third-order valence-corrected chi connectivity index (χ3v) is 3.48. The normalized spacial score (nSPS) is 10.9. The van der Waals surface area contributed by atoms with E-state index in [-0.39, 0.29) is 0 Å². The second kappa shape index (κ2) is 6.51. The minimum atomic E-state index is 0.475. The van der Waals surface area contributed by atoms with Gasteiger partial charge in [-0.3, -0.25) is 4.98 Å². The van der Waals surface area contributed by atoms with E-state index in [4.69, 9.17) is 0 Å². The van der Waals surface area contributed by atoms with E-state index in [2.05, 4.69) is 68.4 Å². The van der Waals surface area contributed by atoms with Crippen molar-refractivity contribution in [3.8, 4) is 11.1 Å². The highest BCUT2D eigenvalue weighted by Crippen LogP contribution is 2.27. The largest absolute Gasteiger partial charge is 0.261 e. The van der Waals surface area contributed by atoms with E-state index in [1.165, 1.54) is 35.2 Å².